The maximum Gasteiger partial charge on any atom is 0.273 e. The molecule has 0 aliphatic rings. The number of nitrogens with zero attached hydrogens (tertiary/aromatic N) is 1. The summed E-state index contributed by atoms with van der Waals surface area (Å²) in [6, 6.07) is 8.59. The van der Waals surface area contributed by atoms with Crippen LogP contribution in [0.15, 0.2) is 34.9 Å². The Morgan fingerprint density at radius 1 is 1.25 bits per heavy atom. The van der Waals surface area contributed by atoms with Gasteiger partial charge >= 0.3 is 0 Å². The van der Waals surface area contributed by atoms with E-state index in [4.69, 9.17) is 9.26 Å². The van der Waals surface area contributed by atoms with E-state index in [9.17, 15) is 9.59 Å². The monoisotopic (exact) mass is 331 g/mol. The summed E-state index contributed by atoms with van der Waals surface area (Å²) < 4.78 is 10.6. The molecule has 0 radical (unpaired) electrons. The van der Waals surface area contributed by atoms with Gasteiger partial charge in [-0.15, -0.1) is 0 Å². The number of unbranched alkanes of at least 4 members (excludes halogenated alkanes) is 1. The second kappa shape index (κ2) is 8.71. The van der Waals surface area contributed by atoms with E-state index >= 15 is 0 Å². The number of hydrogen-bond acceptors (Lipinski definition) is 5. The number of amides is 2. The van der Waals surface area contributed by atoms with E-state index in [2.05, 4.69) is 15.8 Å². The minimum atomic E-state index is -0.312. The number of rotatable bonds is 8. The number of ether oxygens (including phenoxy) is 1. The lowest BCUT2D eigenvalue weighted by atomic mass is 10.2. The summed E-state index contributed by atoms with van der Waals surface area (Å²) in [6.07, 6.45) is 2.39. The molecule has 0 fully saturated rings. The summed E-state index contributed by atoms with van der Waals surface area (Å²) in [5.74, 6) is 0.770. The number of aromatic nitrogens is 1. The molecule has 1 aromatic carbocycles. The molecule has 0 unspecified atom stereocenters. The lowest BCUT2D eigenvalue weighted by molar-refractivity contribution is -0.116. The highest BCUT2D eigenvalue weighted by atomic mass is 16.5. The number of benzene rings is 1. The van der Waals surface area contributed by atoms with E-state index in [1.54, 1.807) is 24.3 Å². The first-order valence-electron chi connectivity index (χ1n) is 7.82. The van der Waals surface area contributed by atoms with E-state index in [1.165, 1.54) is 13.1 Å². The van der Waals surface area contributed by atoms with Crippen LogP contribution in [0.3, 0.4) is 0 Å². The Kier molecular flexibility index (Phi) is 6.36. The topological polar surface area (TPSA) is 93.5 Å². The first-order valence-corrected chi connectivity index (χ1v) is 7.82. The molecule has 128 valence electrons. The van der Waals surface area contributed by atoms with Gasteiger partial charge in [0.2, 0.25) is 5.91 Å². The number of anilines is 1. The van der Waals surface area contributed by atoms with Crippen molar-refractivity contribution in [1.29, 1.82) is 0 Å². The Morgan fingerprint density at radius 3 is 2.67 bits per heavy atom. The normalized spacial score (nSPS) is 10.2. The molecule has 7 nitrogen and oxygen atoms in total. The van der Waals surface area contributed by atoms with Crippen molar-refractivity contribution >= 4 is 17.5 Å². The molecule has 1 aromatic heterocycles. The van der Waals surface area contributed by atoms with E-state index in [0.717, 1.165) is 18.5 Å². The average molecular weight is 331 g/mol. The second-order valence-corrected chi connectivity index (χ2v) is 5.22. The zero-order chi connectivity index (χ0) is 17.4. The molecule has 1 heterocycles. The van der Waals surface area contributed by atoms with Crippen molar-refractivity contribution in [2.24, 2.45) is 0 Å². The minimum Gasteiger partial charge on any atom is -0.486 e. The molecule has 0 atom stereocenters. The van der Waals surface area contributed by atoms with E-state index in [-0.39, 0.29) is 24.1 Å². The lowest BCUT2D eigenvalue weighted by Gasteiger charge is -2.07. The summed E-state index contributed by atoms with van der Waals surface area (Å²) in [5.41, 5.74) is 0.936. The van der Waals surface area contributed by atoms with Gasteiger partial charge in [-0.25, -0.2) is 0 Å². The van der Waals surface area contributed by atoms with Gasteiger partial charge in [0, 0.05) is 25.2 Å². The zero-order valence-electron chi connectivity index (χ0n) is 13.8. The quantitative estimate of drug-likeness (QED) is 0.776. The Labute approximate surface area is 140 Å². The molecule has 2 N–H and O–H groups in total. The lowest BCUT2D eigenvalue weighted by Crippen LogP contribution is -2.17. The highest BCUT2D eigenvalue weighted by Gasteiger charge is 2.11. The number of nitrogens with one attached hydrogen (secondary N) is 2. The number of carbonyl (C=O) groups is 2. The van der Waals surface area contributed by atoms with Crippen LogP contribution in [0, 0.1) is 0 Å². The zero-order valence-corrected chi connectivity index (χ0v) is 13.8. The molecule has 2 amide bonds. The van der Waals surface area contributed by atoms with Crippen molar-refractivity contribution in [3.05, 3.63) is 41.8 Å². The van der Waals surface area contributed by atoms with Crippen LogP contribution in [-0.4, -0.2) is 24.0 Å². The van der Waals surface area contributed by atoms with Crippen molar-refractivity contribution in [2.45, 2.75) is 32.8 Å². The Morgan fingerprint density at radius 2 is 2.00 bits per heavy atom. The van der Waals surface area contributed by atoms with Gasteiger partial charge in [0.25, 0.3) is 5.91 Å². The number of carbonyl (C=O) groups excluding carboxylic acids is 2. The van der Waals surface area contributed by atoms with Gasteiger partial charge in [-0.3, -0.25) is 9.59 Å². The van der Waals surface area contributed by atoms with Crippen molar-refractivity contribution < 1.29 is 18.8 Å². The SMILES string of the molecule is CCCCC(=O)Nc1ccc(OCc2cc(C(=O)NC)no2)cc1. The van der Waals surface area contributed by atoms with Crippen molar-refractivity contribution in [3.63, 3.8) is 0 Å². The maximum atomic E-state index is 11.7. The van der Waals surface area contributed by atoms with Crippen LogP contribution in [0.25, 0.3) is 0 Å². The van der Waals surface area contributed by atoms with Crippen molar-refractivity contribution in [3.8, 4) is 5.75 Å². The molecule has 0 saturated carbocycles. The number of hydrogen-bond donors (Lipinski definition) is 2. The van der Waals surface area contributed by atoms with Gasteiger partial charge in [-0.05, 0) is 30.7 Å². The summed E-state index contributed by atoms with van der Waals surface area (Å²) in [6.45, 7) is 2.21. The summed E-state index contributed by atoms with van der Waals surface area (Å²) >= 11 is 0. The standard InChI is InChI=1S/C17H21N3O4/c1-3-4-5-16(21)19-12-6-8-13(9-7-12)23-11-14-10-15(20-24-14)17(22)18-2/h6-10H,3-5,11H2,1-2H3,(H,18,22)(H,19,21). The Balaban J connectivity index is 1.84. The molecule has 0 spiro atoms. The predicted molar refractivity (Wildman–Crippen MR) is 88.8 cm³/mol. The predicted octanol–water partition coefficient (Wildman–Crippen LogP) is 2.74. The Hall–Kier alpha value is -2.83. The smallest absolute Gasteiger partial charge is 0.273 e. The van der Waals surface area contributed by atoms with E-state index in [0.29, 0.717) is 17.9 Å². The molecular formula is C17H21N3O4. The fraction of sp³-hybridized carbons (Fsp3) is 0.353. The van der Waals surface area contributed by atoms with Gasteiger partial charge in [0.1, 0.15) is 12.4 Å². The van der Waals surface area contributed by atoms with Crippen LogP contribution in [-0.2, 0) is 11.4 Å². The van der Waals surface area contributed by atoms with Crippen molar-refractivity contribution in [1.82, 2.24) is 10.5 Å². The van der Waals surface area contributed by atoms with Crippen LogP contribution in [0.1, 0.15) is 42.4 Å². The summed E-state index contributed by atoms with van der Waals surface area (Å²) in [5, 5.41) is 8.95. The Bertz CT molecular complexity index is 679. The van der Waals surface area contributed by atoms with Gasteiger partial charge < -0.3 is 19.9 Å². The summed E-state index contributed by atoms with van der Waals surface area (Å²) in [7, 11) is 1.52. The molecule has 0 bridgehead atoms. The third-order valence-corrected chi connectivity index (χ3v) is 3.30. The molecule has 0 aliphatic heterocycles. The fourth-order valence-electron chi connectivity index (χ4n) is 1.97. The second-order valence-electron chi connectivity index (χ2n) is 5.22. The molecule has 0 aliphatic carbocycles. The maximum absolute atomic E-state index is 11.7. The van der Waals surface area contributed by atoms with Crippen LogP contribution in [0.4, 0.5) is 5.69 Å². The van der Waals surface area contributed by atoms with Crippen LogP contribution in [0.2, 0.25) is 0 Å². The largest absolute Gasteiger partial charge is 0.486 e. The van der Waals surface area contributed by atoms with Crippen LogP contribution < -0.4 is 15.4 Å². The van der Waals surface area contributed by atoms with Gasteiger partial charge in [-0.1, -0.05) is 18.5 Å². The fourth-order valence-corrected chi connectivity index (χ4v) is 1.97. The van der Waals surface area contributed by atoms with E-state index < -0.39 is 0 Å². The summed E-state index contributed by atoms with van der Waals surface area (Å²) in [4.78, 5) is 23.0. The third-order valence-electron chi connectivity index (χ3n) is 3.30. The molecular weight excluding hydrogens is 310 g/mol. The van der Waals surface area contributed by atoms with Crippen molar-refractivity contribution in [2.75, 3.05) is 12.4 Å². The third kappa shape index (κ3) is 5.12. The highest BCUT2D eigenvalue weighted by molar-refractivity contribution is 5.92. The van der Waals surface area contributed by atoms with Gasteiger partial charge in [0.05, 0.1) is 0 Å². The molecule has 0 saturated heterocycles. The average Bonchev–Trinajstić information content (AvgIpc) is 3.07. The first kappa shape index (κ1) is 17.5. The van der Waals surface area contributed by atoms with Crippen LogP contribution >= 0.6 is 0 Å². The minimum absolute atomic E-state index is 0.00825. The molecule has 7 heteroatoms. The van der Waals surface area contributed by atoms with Crippen LogP contribution in [0.5, 0.6) is 5.75 Å². The molecule has 24 heavy (non-hydrogen) atoms. The molecule has 2 aromatic rings. The van der Waals surface area contributed by atoms with Gasteiger partial charge in [-0.2, -0.15) is 0 Å². The van der Waals surface area contributed by atoms with E-state index in [1.807, 2.05) is 6.92 Å². The molecule has 2 rings (SSSR count). The first-order chi connectivity index (χ1) is 11.6. The van der Waals surface area contributed by atoms with Gasteiger partial charge in [0.15, 0.2) is 11.5 Å². The highest BCUT2D eigenvalue weighted by Crippen LogP contribution is 2.17.